The SMILES string of the molecule is CCCCCCCCCCCCCc1ccc(C(=O)c2cc(N)cc(N)c2)cc1. The second-order valence-corrected chi connectivity index (χ2v) is 8.20. The van der Waals surface area contributed by atoms with Gasteiger partial charge in [-0.05, 0) is 36.6 Å². The molecular weight excluding hydrogens is 356 g/mol. The summed E-state index contributed by atoms with van der Waals surface area (Å²) in [4.78, 5) is 12.6. The van der Waals surface area contributed by atoms with Crippen molar-refractivity contribution in [3.8, 4) is 0 Å². The topological polar surface area (TPSA) is 69.1 Å². The fourth-order valence-electron chi connectivity index (χ4n) is 3.79. The molecule has 0 bridgehead atoms. The van der Waals surface area contributed by atoms with Crippen molar-refractivity contribution in [1.29, 1.82) is 0 Å². The Morgan fingerprint density at radius 3 is 1.66 bits per heavy atom. The lowest BCUT2D eigenvalue weighted by molar-refractivity contribution is 0.103. The van der Waals surface area contributed by atoms with Gasteiger partial charge in [0.15, 0.2) is 5.78 Å². The van der Waals surface area contributed by atoms with Crippen LogP contribution in [0.25, 0.3) is 0 Å². The number of benzene rings is 2. The second kappa shape index (κ2) is 13.0. The molecule has 0 unspecified atom stereocenters. The van der Waals surface area contributed by atoms with E-state index in [9.17, 15) is 4.79 Å². The first-order valence-corrected chi connectivity index (χ1v) is 11.4. The molecule has 0 saturated carbocycles. The van der Waals surface area contributed by atoms with Crippen LogP contribution >= 0.6 is 0 Å². The van der Waals surface area contributed by atoms with Crippen LogP contribution in [0.4, 0.5) is 11.4 Å². The summed E-state index contributed by atoms with van der Waals surface area (Å²) in [6.45, 7) is 2.27. The fraction of sp³-hybridized carbons (Fsp3) is 0.500. The molecule has 4 N–H and O–H groups in total. The van der Waals surface area contributed by atoms with Gasteiger partial charge in [-0.2, -0.15) is 0 Å². The number of hydrogen-bond acceptors (Lipinski definition) is 3. The molecule has 3 nitrogen and oxygen atoms in total. The standard InChI is InChI=1S/C26H38N2O/c1-2-3-4-5-6-7-8-9-10-11-12-13-21-14-16-22(17-15-21)26(29)23-18-24(27)20-25(28)19-23/h14-20H,2-13,27-28H2,1H3. The highest BCUT2D eigenvalue weighted by molar-refractivity contribution is 6.09. The summed E-state index contributed by atoms with van der Waals surface area (Å²) in [6, 6.07) is 13.0. The maximum Gasteiger partial charge on any atom is 0.193 e. The van der Waals surface area contributed by atoms with E-state index in [4.69, 9.17) is 11.5 Å². The zero-order valence-electron chi connectivity index (χ0n) is 18.1. The molecule has 158 valence electrons. The Morgan fingerprint density at radius 1 is 0.655 bits per heavy atom. The third-order valence-electron chi connectivity index (χ3n) is 5.52. The molecule has 0 heterocycles. The van der Waals surface area contributed by atoms with Crippen LogP contribution in [0.1, 0.15) is 99.0 Å². The normalized spacial score (nSPS) is 10.9. The van der Waals surface area contributed by atoms with E-state index in [1.807, 2.05) is 12.1 Å². The van der Waals surface area contributed by atoms with E-state index >= 15 is 0 Å². The maximum absolute atomic E-state index is 12.6. The summed E-state index contributed by atoms with van der Waals surface area (Å²) in [5, 5.41) is 0. The molecule has 29 heavy (non-hydrogen) atoms. The number of carbonyl (C=O) groups is 1. The Morgan fingerprint density at radius 2 is 1.14 bits per heavy atom. The van der Waals surface area contributed by atoms with Crippen molar-refractivity contribution in [2.24, 2.45) is 0 Å². The maximum atomic E-state index is 12.6. The third-order valence-corrected chi connectivity index (χ3v) is 5.52. The lowest BCUT2D eigenvalue weighted by atomic mass is 9.99. The molecule has 2 aromatic rings. The van der Waals surface area contributed by atoms with E-state index in [2.05, 4.69) is 19.1 Å². The van der Waals surface area contributed by atoms with Crippen LogP contribution in [-0.2, 0) is 6.42 Å². The van der Waals surface area contributed by atoms with E-state index in [1.54, 1.807) is 18.2 Å². The first-order valence-electron chi connectivity index (χ1n) is 11.4. The van der Waals surface area contributed by atoms with Gasteiger partial charge in [-0.3, -0.25) is 4.79 Å². The number of hydrogen-bond donors (Lipinski definition) is 2. The van der Waals surface area contributed by atoms with Gasteiger partial charge in [0.2, 0.25) is 0 Å². The van der Waals surface area contributed by atoms with Gasteiger partial charge in [0, 0.05) is 22.5 Å². The van der Waals surface area contributed by atoms with Crippen molar-refractivity contribution in [1.82, 2.24) is 0 Å². The largest absolute Gasteiger partial charge is 0.399 e. The van der Waals surface area contributed by atoms with Gasteiger partial charge in [0.1, 0.15) is 0 Å². The summed E-state index contributed by atoms with van der Waals surface area (Å²) in [5.41, 5.74) is 15.1. The Hall–Kier alpha value is -2.29. The number of nitrogens with two attached hydrogens (primary N) is 2. The second-order valence-electron chi connectivity index (χ2n) is 8.20. The van der Waals surface area contributed by atoms with Crippen LogP contribution in [0.2, 0.25) is 0 Å². The van der Waals surface area contributed by atoms with Crippen LogP contribution in [0.3, 0.4) is 0 Å². The number of anilines is 2. The summed E-state index contributed by atoms with van der Waals surface area (Å²) in [6.07, 6.45) is 16.0. The predicted octanol–water partition coefficient (Wildman–Crippen LogP) is 6.94. The quantitative estimate of drug-likeness (QED) is 0.207. The Bertz CT molecular complexity index is 717. The average Bonchev–Trinajstić information content (AvgIpc) is 2.71. The van der Waals surface area contributed by atoms with Crippen LogP contribution < -0.4 is 11.5 Å². The Labute approximate surface area is 176 Å². The number of aryl methyl sites for hydroxylation is 1. The highest BCUT2D eigenvalue weighted by atomic mass is 16.1. The molecule has 0 radical (unpaired) electrons. The van der Waals surface area contributed by atoms with E-state index in [1.165, 1.54) is 76.2 Å². The van der Waals surface area contributed by atoms with E-state index in [0.29, 0.717) is 22.5 Å². The number of nitrogen functional groups attached to an aromatic ring is 2. The fourth-order valence-corrected chi connectivity index (χ4v) is 3.79. The number of ketones is 1. The molecular formula is C26H38N2O. The average molecular weight is 395 g/mol. The van der Waals surface area contributed by atoms with Crippen molar-refractivity contribution < 1.29 is 4.79 Å². The smallest absolute Gasteiger partial charge is 0.193 e. The first-order chi connectivity index (χ1) is 14.1. The molecule has 0 aliphatic rings. The zero-order chi connectivity index (χ0) is 20.9. The monoisotopic (exact) mass is 394 g/mol. The van der Waals surface area contributed by atoms with Crippen LogP contribution in [0.5, 0.6) is 0 Å². The van der Waals surface area contributed by atoms with Crippen LogP contribution in [-0.4, -0.2) is 5.78 Å². The highest BCUT2D eigenvalue weighted by Gasteiger charge is 2.10. The van der Waals surface area contributed by atoms with Crippen LogP contribution in [0.15, 0.2) is 42.5 Å². The molecule has 0 atom stereocenters. The lowest BCUT2D eigenvalue weighted by Crippen LogP contribution is -2.04. The minimum Gasteiger partial charge on any atom is -0.399 e. The minimum atomic E-state index is -0.0368. The molecule has 0 aromatic heterocycles. The van der Waals surface area contributed by atoms with Crippen molar-refractivity contribution in [3.05, 3.63) is 59.2 Å². The Kier molecular flexibility index (Phi) is 10.3. The lowest BCUT2D eigenvalue weighted by Gasteiger charge is -2.06. The summed E-state index contributed by atoms with van der Waals surface area (Å²) in [5.74, 6) is -0.0368. The molecule has 0 aliphatic heterocycles. The summed E-state index contributed by atoms with van der Waals surface area (Å²) >= 11 is 0. The van der Waals surface area contributed by atoms with Gasteiger partial charge in [0.05, 0.1) is 0 Å². The molecule has 0 fully saturated rings. The molecule has 2 rings (SSSR count). The Balaban J connectivity index is 1.63. The third kappa shape index (κ3) is 8.72. The van der Waals surface area contributed by atoms with Crippen molar-refractivity contribution in [3.63, 3.8) is 0 Å². The predicted molar refractivity (Wildman–Crippen MR) is 125 cm³/mol. The highest BCUT2D eigenvalue weighted by Crippen LogP contribution is 2.18. The number of carbonyl (C=O) groups excluding carboxylic acids is 1. The van der Waals surface area contributed by atoms with Gasteiger partial charge in [0.25, 0.3) is 0 Å². The summed E-state index contributed by atoms with van der Waals surface area (Å²) in [7, 11) is 0. The van der Waals surface area contributed by atoms with Gasteiger partial charge < -0.3 is 11.5 Å². The van der Waals surface area contributed by atoms with Crippen molar-refractivity contribution >= 4 is 17.2 Å². The molecule has 0 aliphatic carbocycles. The molecule has 0 amide bonds. The van der Waals surface area contributed by atoms with Crippen molar-refractivity contribution in [2.45, 2.75) is 84.0 Å². The molecule has 0 spiro atoms. The van der Waals surface area contributed by atoms with Gasteiger partial charge in [-0.15, -0.1) is 0 Å². The zero-order valence-corrected chi connectivity index (χ0v) is 18.1. The van der Waals surface area contributed by atoms with E-state index in [-0.39, 0.29) is 5.78 Å². The molecule has 2 aromatic carbocycles. The number of unbranched alkanes of at least 4 members (excludes halogenated alkanes) is 10. The minimum absolute atomic E-state index is 0.0368. The molecule has 3 heteroatoms. The van der Waals surface area contributed by atoms with E-state index in [0.717, 1.165) is 6.42 Å². The van der Waals surface area contributed by atoms with Crippen molar-refractivity contribution in [2.75, 3.05) is 11.5 Å². The van der Waals surface area contributed by atoms with Crippen LogP contribution in [0, 0.1) is 0 Å². The van der Waals surface area contributed by atoms with E-state index < -0.39 is 0 Å². The van der Waals surface area contributed by atoms with Gasteiger partial charge in [-0.25, -0.2) is 0 Å². The van der Waals surface area contributed by atoms with Gasteiger partial charge >= 0.3 is 0 Å². The number of rotatable bonds is 14. The molecule has 0 saturated heterocycles. The summed E-state index contributed by atoms with van der Waals surface area (Å²) < 4.78 is 0. The van der Waals surface area contributed by atoms with Gasteiger partial charge in [-0.1, -0.05) is 95.4 Å². The first kappa shape index (κ1) is 23.0.